The Bertz CT molecular complexity index is 1270. The minimum Gasteiger partial charge on any atom is -0.508 e. The summed E-state index contributed by atoms with van der Waals surface area (Å²) < 4.78 is 6.12. The third-order valence-corrected chi connectivity index (χ3v) is 5.88. The lowest BCUT2D eigenvalue weighted by Crippen LogP contribution is -2.15. The fourth-order valence-corrected chi connectivity index (χ4v) is 4.46. The maximum Gasteiger partial charge on any atom is 0.129 e. The average Bonchev–Trinajstić information content (AvgIpc) is 2.74. The van der Waals surface area contributed by atoms with Crippen molar-refractivity contribution in [2.45, 2.75) is 34.6 Å². The zero-order valence-corrected chi connectivity index (χ0v) is 20.0. The second-order valence-electron chi connectivity index (χ2n) is 8.74. The summed E-state index contributed by atoms with van der Waals surface area (Å²) in [6.07, 6.45) is 0. The van der Waals surface area contributed by atoms with Crippen LogP contribution in [0.4, 0.5) is 17.1 Å². The lowest BCUT2D eigenvalue weighted by Gasteiger charge is -2.31. The van der Waals surface area contributed by atoms with Gasteiger partial charge >= 0.3 is 0 Å². The van der Waals surface area contributed by atoms with E-state index in [2.05, 4.69) is 4.90 Å². The highest BCUT2D eigenvalue weighted by Gasteiger charge is 2.22. The number of anilines is 3. The molecule has 34 heavy (non-hydrogen) atoms. The zero-order valence-electron chi connectivity index (χ0n) is 20.0. The van der Waals surface area contributed by atoms with Gasteiger partial charge in [0.25, 0.3) is 0 Å². The molecule has 0 aliphatic heterocycles. The van der Waals surface area contributed by atoms with Gasteiger partial charge in [0.05, 0.1) is 11.4 Å². The first-order chi connectivity index (χ1) is 16.1. The van der Waals surface area contributed by atoms with Crippen LogP contribution in [0.2, 0.25) is 0 Å². The van der Waals surface area contributed by atoms with Gasteiger partial charge in [-0.05, 0) is 117 Å². The molecule has 0 aliphatic carbocycles. The molecule has 0 atom stereocenters. The van der Waals surface area contributed by atoms with Gasteiger partial charge in [0, 0.05) is 11.8 Å². The first kappa shape index (κ1) is 23.1. The van der Waals surface area contributed by atoms with Crippen molar-refractivity contribution in [3.05, 3.63) is 94.5 Å². The molecule has 4 aromatic carbocycles. The van der Waals surface area contributed by atoms with Crippen molar-refractivity contribution >= 4 is 17.1 Å². The van der Waals surface area contributed by atoms with Crippen molar-refractivity contribution in [3.8, 4) is 28.7 Å². The number of rotatable bonds is 5. The van der Waals surface area contributed by atoms with E-state index in [0.29, 0.717) is 11.5 Å². The zero-order chi connectivity index (χ0) is 24.6. The number of ether oxygens (including phenoxy) is 1. The number of phenols is 3. The van der Waals surface area contributed by atoms with E-state index in [1.807, 2.05) is 58.9 Å². The maximum absolute atomic E-state index is 10.1. The molecule has 0 bridgehead atoms. The van der Waals surface area contributed by atoms with Crippen molar-refractivity contribution in [2.24, 2.45) is 0 Å². The van der Waals surface area contributed by atoms with Crippen molar-refractivity contribution in [3.63, 3.8) is 0 Å². The lowest BCUT2D eigenvalue weighted by atomic mass is 10.0. The van der Waals surface area contributed by atoms with E-state index in [9.17, 15) is 15.3 Å². The summed E-state index contributed by atoms with van der Waals surface area (Å²) in [5.74, 6) is 1.95. The molecule has 0 spiro atoms. The van der Waals surface area contributed by atoms with Crippen LogP contribution in [0.15, 0.2) is 66.7 Å². The predicted molar refractivity (Wildman–Crippen MR) is 136 cm³/mol. The maximum atomic E-state index is 10.1. The number of hydrogen-bond acceptors (Lipinski definition) is 5. The van der Waals surface area contributed by atoms with E-state index in [1.165, 1.54) is 0 Å². The van der Waals surface area contributed by atoms with Gasteiger partial charge in [-0.1, -0.05) is 6.07 Å². The molecule has 0 radical (unpaired) electrons. The van der Waals surface area contributed by atoms with E-state index in [1.54, 1.807) is 42.5 Å². The van der Waals surface area contributed by atoms with Gasteiger partial charge in [-0.3, -0.25) is 0 Å². The van der Waals surface area contributed by atoms with Crippen molar-refractivity contribution in [2.75, 3.05) is 4.90 Å². The first-order valence-electron chi connectivity index (χ1n) is 11.1. The lowest BCUT2D eigenvalue weighted by molar-refractivity contribution is 0.460. The van der Waals surface area contributed by atoms with Crippen LogP contribution < -0.4 is 9.64 Å². The Balaban J connectivity index is 1.89. The molecular weight excluding hydrogens is 426 g/mol. The van der Waals surface area contributed by atoms with Gasteiger partial charge in [0.2, 0.25) is 0 Å². The second-order valence-corrected chi connectivity index (χ2v) is 8.74. The minimum atomic E-state index is 0.220. The van der Waals surface area contributed by atoms with Crippen LogP contribution in [0.3, 0.4) is 0 Å². The number of aromatic hydroxyl groups is 3. The molecule has 0 saturated heterocycles. The van der Waals surface area contributed by atoms with E-state index in [0.717, 1.165) is 44.9 Å². The second kappa shape index (κ2) is 9.02. The molecule has 5 heteroatoms. The van der Waals surface area contributed by atoms with Crippen LogP contribution in [0, 0.1) is 34.6 Å². The molecule has 0 fully saturated rings. The Kier molecular flexibility index (Phi) is 6.12. The summed E-state index contributed by atoms with van der Waals surface area (Å²) in [7, 11) is 0. The van der Waals surface area contributed by atoms with Gasteiger partial charge in [0.1, 0.15) is 28.7 Å². The fraction of sp³-hybridized carbons (Fsp3) is 0.172. The topological polar surface area (TPSA) is 73.2 Å². The van der Waals surface area contributed by atoms with Crippen molar-refractivity contribution < 1.29 is 20.1 Å². The highest BCUT2D eigenvalue weighted by molar-refractivity contribution is 5.84. The largest absolute Gasteiger partial charge is 0.508 e. The molecule has 0 aromatic heterocycles. The van der Waals surface area contributed by atoms with Gasteiger partial charge in [-0.2, -0.15) is 0 Å². The highest BCUT2D eigenvalue weighted by atomic mass is 16.5. The molecule has 174 valence electrons. The number of hydrogen-bond donors (Lipinski definition) is 3. The van der Waals surface area contributed by atoms with Crippen molar-refractivity contribution in [1.82, 2.24) is 0 Å². The van der Waals surface area contributed by atoms with E-state index < -0.39 is 0 Å². The summed E-state index contributed by atoms with van der Waals surface area (Å²) >= 11 is 0. The van der Waals surface area contributed by atoms with Crippen LogP contribution in [0.1, 0.15) is 27.8 Å². The van der Waals surface area contributed by atoms with Crippen LogP contribution in [-0.2, 0) is 0 Å². The third kappa shape index (κ3) is 4.50. The summed E-state index contributed by atoms with van der Waals surface area (Å²) in [4.78, 5) is 2.14. The quantitative estimate of drug-likeness (QED) is 0.289. The summed E-state index contributed by atoms with van der Waals surface area (Å²) in [6, 6.07) is 19.9. The Labute approximate surface area is 200 Å². The van der Waals surface area contributed by atoms with Crippen LogP contribution in [0.5, 0.6) is 28.7 Å². The third-order valence-electron chi connectivity index (χ3n) is 5.88. The molecule has 3 N–H and O–H groups in total. The van der Waals surface area contributed by atoms with E-state index in [-0.39, 0.29) is 17.2 Å². The van der Waals surface area contributed by atoms with Gasteiger partial charge < -0.3 is 25.0 Å². The standard InChI is InChI=1S/C29H29NO4/c1-17-15-26(9-10-27(17)33)34-25-8-6-7-22(16-25)30(28-18(2)11-23(31)12-19(28)3)29-20(4)13-24(32)14-21(29)5/h6-16,31-33H,1-5H3. The van der Waals surface area contributed by atoms with Crippen LogP contribution in [0.25, 0.3) is 0 Å². The molecule has 0 saturated carbocycles. The normalized spacial score (nSPS) is 10.9. The van der Waals surface area contributed by atoms with E-state index >= 15 is 0 Å². The molecule has 0 unspecified atom stereocenters. The number of nitrogens with zero attached hydrogens (tertiary/aromatic N) is 1. The number of benzene rings is 4. The highest BCUT2D eigenvalue weighted by Crippen LogP contribution is 2.44. The smallest absolute Gasteiger partial charge is 0.129 e. The summed E-state index contributed by atoms with van der Waals surface area (Å²) in [6.45, 7) is 9.71. The summed E-state index contributed by atoms with van der Waals surface area (Å²) in [5, 5.41) is 30.1. The summed E-state index contributed by atoms with van der Waals surface area (Å²) in [5.41, 5.74) is 7.20. The average molecular weight is 456 g/mol. The Morgan fingerprint density at radius 2 is 1.06 bits per heavy atom. The van der Waals surface area contributed by atoms with Crippen molar-refractivity contribution in [1.29, 1.82) is 0 Å². The molecule has 0 amide bonds. The number of phenolic OH excluding ortho intramolecular Hbond substituents is 3. The minimum absolute atomic E-state index is 0.220. The molecule has 5 nitrogen and oxygen atoms in total. The molecule has 4 aromatic rings. The number of aryl methyl sites for hydroxylation is 5. The Morgan fingerprint density at radius 1 is 0.559 bits per heavy atom. The molecule has 0 aliphatic rings. The van der Waals surface area contributed by atoms with Gasteiger partial charge in [0.15, 0.2) is 0 Å². The van der Waals surface area contributed by atoms with Crippen LogP contribution >= 0.6 is 0 Å². The predicted octanol–water partition coefficient (Wildman–Crippen LogP) is 7.61. The SMILES string of the molecule is Cc1cc(Oc2cccc(N(c3c(C)cc(O)cc3C)c3c(C)cc(O)cc3C)c2)ccc1O. The van der Waals surface area contributed by atoms with Crippen LogP contribution in [-0.4, -0.2) is 15.3 Å². The van der Waals surface area contributed by atoms with Gasteiger partial charge in [-0.15, -0.1) is 0 Å². The van der Waals surface area contributed by atoms with E-state index in [4.69, 9.17) is 4.74 Å². The Morgan fingerprint density at radius 3 is 1.56 bits per heavy atom. The molecule has 4 rings (SSSR count). The monoisotopic (exact) mass is 455 g/mol. The fourth-order valence-electron chi connectivity index (χ4n) is 4.46. The molecular formula is C29H29NO4. The van der Waals surface area contributed by atoms with Gasteiger partial charge in [-0.25, -0.2) is 0 Å². The Hall–Kier alpha value is -4.12. The first-order valence-corrected chi connectivity index (χ1v) is 11.1. The molecule has 0 heterocycles.